The second kappa shape index (κ2) is 7.72. The number of nitrogens with zero attached hydrogens (tertiary/aromatic N) is 4. The molecule has 0 unspecified atom stereocenters. The average Bonchev–Trinajstić information content (AvgIpc) is 3.17. The fraction of sp³-hybridized carbons (Fsp3) is 0.524. The minimum atomic E-state index is 0.780. The standard InChI is InChI=1S/C21H28N4O/c1-16-5-6-18(15-24-9-3-4-10-24)21(22-16)19-7-8-20(23-17(19)2)25-11-13-26-14-12-25/h5-8H,3-4,9-15H2,1-2H3. The number of anilines is 1. The van der Waals surface area contributed by atoms with Gasteiger partial charge in [0.2, 0.25) is 0 Å². The first-order chi connectivity index (χ1) is 12.7. The highest BCUT2D eigenvalue weighted by Crippen LogP contribution is 2.28. The molecule has 138 valence electrons. The number of ether oxygens (including phenoxy) is 1. The third-order valence-corrected chi connectivity index (χ3v) is 5.37. The van der Waals surface area contributed by atoms with Crippen molar-refractivity contribution in [3.63, 3.8) is 0 Å². The molecule has 0 spiro atoms. The number of morpholine rings is 1. The van der Waals surface area contributed by atoms with Gasteiger partial charge in [-0.3, -0.25) is 9.88 Å². The summed E-state index contributed by atoms with van der Waals surface area (Å²) in [5, 5.41) is 0. The summed E-state index contributed by atoms with van der Waals surface area (Å²) in [6.07, 6.45) is 2.62. The molecular weight excluding hydrogens is 324 g/mol. The summed E-state index contributed by atoms with van der Waals surface area (Å²) in [7, 11) is 0. The fourth-order valence-corrected chi connectivity index (χ4v) is 3.89. The Morgan fingerprint density at radius 3 is 2.42 bits per heavy atom. The Morgan fingerprint density at radius 2 is 1.69 bits per heavy atom. The highest BCUT2D eigenvalue weighted by molar-refractivity contribution is 5.67. The summed E-state index contributed by atoms with van der Waals surface area (Å²) < 4.78 is 5.45. The van der Waals surface area contributed by atoms with Crippen LogP contribution in [0.2, 0.25) is 0 Å². The zero-order valence-corrected chi connectivity index (χ0v) is 15.9. The van der Waals surface area contributed by atoms with Gasteiger partial charge < -0.3 is 9.64 Å². The maximum Gasteiger partial charge on any atom is 0.128 e. The molecule has 0 amide bonds. The van der Waals surface area contributed by atoms with Gasteiger partial charge in [-0.15, -0.1) is 0 Å². The Labute approximate surface area is 156 Å². The lowest BCUT2D eigenvalue weighted by Gasteiger charge is -2.28. The number of hydrogen-bond donors (Lipinski definition) is 0. The van der Waals surface area contributed by atoms with Crippen LogP contribution in [0.25, 0.3) is 11.3 Å². The van der Waals surface area contributed by atoms with Gasteiger partial charge in [0.15, 0.2) is 0 Å². The van der Waals surface area contributed by atoms with Crippen LogP contribution in [0.5, 0.6) is 0 Å². The molecule has 4 heterocycles. The van der Waals surface area contributed by atoms with E-state index in [1.54, 1.807) is 0 Å². The van der Waals surface area contributed by atoms with Crippen LogP contribution in [0.1, 0.15) is 29.8 Å². The molecule has 0 atom stereocenters. The molecule has 0 aliphatic carbocycles. The molecule has 0 aromatic carbocycles. The number of aromatic nitrogens is 2. The van der Waals surface area contributed by atoms with E-state index in [0.29, 0.717) is 0 Å². The van der Waals surface area contributed by atoms with Crippen molar-refractivity contribution in [3.05, 3.63) is 41.2 Å². The van der Waals surface area contributed by atoms with Gasteiger partial charge in [0.25, 0.3) is 0 Å². The zero-order valence-electron chi connectivity index (χ0n) is 15.9. The molecule has 26 heavy (non-hydrogen) atoms. The molecule has 4 rings (SSSR count). The van der Waals surface area contributed by atoms with Gasteiger partial charge in [-0.2, -0.15) is 0 Å². The van der Waals surface area contributed by atoms with Crippen LogP contribution >= 0.6 is 0 Å². The van der Waals surface area contributed by atoms with Gasteiger partial charge in [0, 0.05) is 36.6 Å². The van der Waals surface area contributed by atoms with Crippen molar-refractivity contribution >= 4 is 5.82 Å². The molecule has 0 radical (unpaired) electrons. The van der Waals surface area contributed by atoms with E-state index in [1.807, 2.05) is 0 Å². The number of rotatable bonds is 4. The second-order valence-corrected chi connectivity index (χ2v) is 7.35. The first kappa shape index (κ1) is 17.4. The second-order valence-electron chi connectivity index (χ2n) is 7.35. The van der Waals surface area contributed by atoms with Gasteiger partial charge in [-0.25, -0.2) is 4.98 Å². The molecule has 2 aliphatic heterocycles. The van der Waals surface area contributed by atoms with Gasteiger partial charge >= 0.3 is 0 Å². The van der Waals surface area contributed by atoms with Crippen molar-refractivity contribution in [1.82, 2.24) is 14.9 Å². The van der Waals surface area contributed by atoms with Crippen LogP contribution in [-0.2, 0) is 11.3 Å². The molecule has 5 heteroatoms. The Kier molecular flexibility index (Phi) is 5.18. The predicted octanol–water partition coefficient (Wildman–Crippen LogP) is 3.19. The molecule has 2 fully saturated rings. The average molecular weight is 352 g/mol. The lowest BCUT2D eigenvalue weighted by Crippen LogP contribution is -2.36. The van der Waals surface area contributed by atoms with Crippen LogP contribution in [0.15, 0.2) is 24.3 Å². The number of hydrogen-bond acceptors (Lipinski definition) is 5. The van der Waals surface area contributed by atoms with E-state index >= 15 is 0 Å². The lowest BCUT2D eigenvalue weighted by atomic mass is 10.0. The topological polar surface area (TPSA) is 41.5 Å². The SMILES string of the molecule is Cc1ccc(CN2CCCC2)c(-c2ccc(N3CCOCC3)nc2C)n1. The van der Waals surface area contributed by atoms with Crippen molar-refractivity contribution in [2.45, 2.75) is 33.2 Å². The van der Waals surface area contributed by atoms with Crippen LogP contribution in [0.3, 0.4) is 0 Å². The van der Waals surface area contributed by atoms with E-state index in [2.05, 4.69) is 47.9 Å². The monoisotopic (exact) mass is 352 g/mol. The van der Waals surface area contributed by atoms with Gasteiger partial charge in [-0.1, -0.05) is 6.07 Å². The molecule has 0 saturated carbocycles. The number of likely N-dealkylation sites (tertiary alicyclic amines) is 1. The number of pyridine rings is 2. The van der Waals surface area contributed by atoms with E-state index in [1.165, 1.54) is 31.5 Å². The zero-order chi connectivity index (χ0) is 17.9. The van der Waals surface area contributed by atoms with Crippen molar-refractivity contribution < 1.29 is 4.74 Å². The van der Waals surface area contributed by atoms with Crippen molar-refractivity contribution in [2.75, 3.05) is 44.3 Å². The summed E-state index contributed by atoms with van der Waals surface area (Å²) >= 11 is 0. The Bertz CT molecular complexity index is 765. The van der Waals surface area contributed by atoms with E-state index in [4.69, 9.17) is 14.7 Å². The first-order valence-corrected chi connectivity index (χ1v) is 9.70. The molecule has 0 bridgehead atoms. The molecule has 5 nitrogen and oxygen atoms in total. The summed E-state index contributed by atoms with van der Waals surface area (Å²) in [4.78, 5) is 14.6. The van der Waals surface area contributed by atoms with Crippen LogP contribution in [0.4, 0.5) is 5.82 Å². The van der Waals surface area contributed by atoms with Crippen LogP contribution in [-0.4, -0.2) is 54.3 Å². The van der Waals surface area contributed by atoms with E-state index in [0.717, 1.165) is 61.3 Å². The summed E-state index contributed by atoms with van der Waals surface area (Å²) in [5.41, 5.74) is 5.66. The molecule has 0 N–H and O–H groups in total. The third-order valence-electron chi connectivity index (χ3n) is 5.37. The minimum Gasteiger partial charge on any atom is -0.378 e. The van der Waals surface area contributed by atoms with Crippen molar-refractivity contribution in [2.24, 2.45) is 0 Å². The van der Waals surface area contributed by atoms with Crippen molar-refractivity contribution in [3.8, 4) is 11.3 Å². The summed E-state index contributed by atoms with van der Waals surface area (Å²) in [6.45, 7) is 10.9. The summed E-state index contributed by atoms with van der Waals surface area (Å²) in [6, 6.07) is 8.70. The van der Waals surface area contributed by atoms with Gasteiger partial charge in [0.05, 0.1) is 18.9 Å². The maximum atomic E-state index is 5.45. The Balaban J connectivity index is 1.64. The minimum absolute atomic E-state index is 0.780. The van der Waals surface area contributed by atoms with Crippen molar-refractivity contribution in [1.29, 1.82) is 0 Å². The highest BCUT2D eigenvalue weighted by Gasteiger charge is 2.18. The first-order valence-electron chi connectivity index (χ1n) is 9.70. The predicted molar refractivity (Wildman–Crippen MR) is 104 cm³/mol. The van der Waals surface area contributed by atoms with E-state index < -0.39 is 0 Å². The molecule has 2 saturated heterocycles. The quantitative estimate of drug-likeness (QED) is 0.845. The van der Waals surface area contributed by atoms with Crippen LogP contribution < -0.4 is 4.90 Å². The number of aryl methyl sites for hydroxylation is 2. The largest absolute Gasteiger partial charge is 0.378 e. The van der Waals surface area contributed by atoms with E-state index in [9.17, 15) is 0 Å². The Morgan fingerprint density at radius 1 is 0.923 bits per heavy atom. The maximum absolute atomic E-state index is 5.45. The highest BCUT2D eigenvalue weighted by atomic mass is 16.5. The Hall–Kier alpha value is -1.98. The van der Waals surface area contributed by atoms with Gasteiger partial charge in [0.1, 0.15) is 5.82 Å². The third kappa shape index (κ3) is 3.74. The van der Waals surface area contributed by atoms with Crippen LogP contribution in [0, 0.1) is 13.8 Å². The van der Waals surface area contributed by atoms with E-state index in [-0.39, 0.29) is 0 Å². The lowest BCUT2D eigenvalue weighted by molar-refractivity contribution is 0.122. The molecular formula is C21H28N4O. The fourth-order valence-electron chi connectivity index (χ4n) is 3.89. The summed E-state index contributed by atoms with van der Waals surface area (Å²) in [5.74, 6) is 1.04. The molecule has 2 aromatic rings. The normalized spacial score (nSPS) is 18.5. The molecule has 2 aliphatic rings. The molecule has 2 aromatic heterocycles. The smallest absolute Gasteiger partial charge is 0.128 e. The van der Waals surface area contributed by atoms with Gasteiger partial charge in [-0.05, 0) is 63.5 Å².